The Morgan fingerprint density at radius 1 is 1.32 bits per heavy atom. The van der Waals surface area contributed by atoms with Crippen LogP contribution in [0.4, 0.5) is 4.39 Å². The molecule has 1 aliphatic rings. The fourth-order valence-electron chi connectivity index (χ4n) is 3.74. The summed E-state index contributed by atoms with van der Waals surface area (Å²) in [7, 11) is 0. The third kappa shape index (κ3) is 4.12. The summed E-state index contributed by atoms with van der Waals surface area (Å²) in [6.07, 6.45) is 6.22. The Kier molecular flexibility index (Phi) is 5.57. The number of rotatable bonds is 6. The third-order valence-corrected chi connectivity index (χ3v) is 5.56. The Morgan fingerprint density at radius 3 is 2.72 bits per heavy atom. The molecular weight excluding hydrogens is 339 g/mol. The van der Waals surface area contributed by atoms with Crippen molar-refractivity contribution in [2.75, 3.05) is 0 Å². The molecule has 1 saturated carbocycles. The van der Waals surface area contributed by atoms with Gasteiger partial charge in [-0.3, -0.25) is 9.48 Å². The Labute approximate surface area is 153 Å². The summed E-state index contributed by atoms with van der Waals surface area (Å²) in [6, 6.07) is 4.81. The van der Waals surface area contributed by atoms with Gasteiger partial charge in [0.1, 0.15) is 11.6 Å². The summed E-state index contributed by atoms with van der Waals surface area (Å²) in [4.78, 5) is 12.4. The Bertz CT molecular complexity index is 778. The maximum absolute atomic E-state index is 13.1. The van der Waals surface area contributed by atoms with Crippen molar-refractivity contribution in [2.24, 2.45) is 0 Å². The summed E-state index contributed by atoms with van der Waals surface area (Å²) in [5, 5.41) is 5.07. The minimum Gasteiger partial charge on any atom is -0.299 e. The van der Waals surface area contributed by atoms with Crippen LogP contribution in [-0.2, 0) is 17.6 Å². The van der Waals surface area contributed by atoms with E-state index >= 15 is 0 Å². The van der Waals surface area contributed by atoms with Gasteiger partial charge in [-0.2, -0.15) is 5.10 Å². The molecule has 0 aliphatic heterocycles. The van der Waals surface area contributed by atoms with Crippen molar-refractivity contribution >= 4 is 17.4 Å². The van der Waals surface area contributed by atoms with Crippen molar-refractivity contribution in [2.45, 2.75) is 64.8 Å². The predicted molar refractivity (Wildman–Crippen MR) is 97.6 cm³/mol. The number of benzene rings is 1. The first-order chi connectivity index (χ1) is 12.0. The fraction of sp³-hybridized carbons (Fsp3) is 0.500. The molecule has 25 heavy (non-hydrogen) atoms. The van der Waals surface area contributed by atoms with Crippen LogP contribution in [0.3, 0.4) is 0 Å². The van der Waals surface area contributed by atoms with Crippen molar-refractivity contribution in [3.63, 3.8) is 0 Å². The molecular formula is C20H24ClFN2O. The maximum Gasteiger partial charge on any atom is 0.137 e. The van der Waals surface area contributed by atoms with Gasteiger partial charge in [-0.1, -0.05) is 30.5 Å². The van der Waals surface area contributed by atoms with Crippen LogP contribution in [-0.4, -0.2) is 15.6 Å². The molecule has 5 heteroatoms. The van der Waals surface area contributed by atoms with E-state index in [-0.39, 0.29) is 11.6 Å². The molecule has 0 bridgehead atoms. The summed E-state index contributed by atoms with van der Waals surface area (Å²) in [5.74, 6) is -0.191. The molecule has 3 rings (SSSR count). The van der Waals surface area contributed by atoms with Crippen LogP contribution < -0.4 is 0 Å². The molecule has 0 atom stereocenters. The van der Waals surface area contributed by atoms with Gasteiger partial charge in [0.2, 0.25) is 0 Å². The minimum absolute atomic E-state index is 0.164. The van der Waals surface area contributed by atoms with E-state index in [4.69, 9.17) is 11.6 Å². The second kappa shape index (κ2) is 7.69. The highest BCUT2D eigenvalue weighted by Gasteiger charge is 2.23. The standard InChI is InChI=1S/C20H24ClFN2O/c1-13-19(14(2)24(23-13)17-5-3-4-6-17)12-18(25)10-8-15-7-9-16(22)11-20(15)21/h7,9,11,17H,3-6,8,10,12H2,1-2H3. The second-order valence-corrected chi connectivity index (χ2v) is 7.39. The van der Waals surface area contributed by atoms with E-state index in [0.29, 0.717) is 30.3 Å². The van der Waals surface area contributed by atoms with Crippen LogP contribution in [0.15, 0.2) is 18.2 Å². The van der Waals surface area contributed by atoms with Gasteiger partial charge in [0.15, 0.2) is 0 Å². The average molecular weight is 363 g/mol. The van der Waals surface area contributed by atoms with Crippen LogP contribution in [0, 0.1) is 19.7 Å². The predicted octanol–water partition coefficient (Wildman–Crippen LogP) is 5.15. The van der Waals surface area contributed by atoms with Gasteiger partial charge >= 0.3 is 0 Å². The van der Waals surface area contributed by atoms with Crippen molar-refractivity contribution in [3.05, 3.63) is 51.6 Å². The molecule has 0 N–H and O–H groups in total. The average Bonchev–Trinajstić information content (AvgIpc) is 3.18. The van der Waals surface area contributed by atoms with Gasteiger partial charge in [0, 0.05) is 29.1 Å². The minimum atomic E-state index is -0.356. The van der Waals surface area contributed by atoms with Gasteiger partial charge in [-0.05, 0) is 50.8 Å². The van der Waals surface area contributed by atoms with Crippen LogP contribution in [0.2, 0.25) is 5.02 Å². The van der Waals surface area contributed by atoms with Crippen molar-refractivity contribution < 1.29 is 9.18 Å². The normalized spacial score (nSPS) is 15.0. The fourth-order valence-corrected chi connectivity index (χ4v) is 4.00. The van der Waals surface area contributed by atoms with Crippen molar-refractivity contribution in [1.29, 1.82) is 0 Å². The third-order valence-electron chi connectivity index (χ3n) is 5.21. The zero-order valence-electron chi connectivity index (χ0n) is 14.8. The number of carbonyl (C=O) groups excluding carboxylic acids is 1. The summed E-state index contributed by atoms with van der Waals surface area (Å²) < 4.78 is 15.2. The number of hydrogen-bond acceptors (Lipinski definition) is 2. The molecule has 0 unspecified atom stereocenters. The molecule has 1 aliphatic carbocycles. The highest BCUT2D eigenvalue weighted by molar-refractivity contribution is 6.31. The molecule has 134 valence electrons. The molecule has 1 aromatic carbocycles. The first kappa shape index (κ1) is 18.1. The monoisotopic (exact) mass is 362 g/mol. The highest BCUT2D eigenvalue weighted by atomic mass is 35.5. The zero-order chi connectivity index (χ0) is 18.0. The number of aryl methyl sites for hydroxylation is 2. The SMILES string of the molecule is Cc1nn(C2CCCC2)c(C)c1CC(=O)CCc1ccc(F)cc1Cl. The van der Waals surface area contributed by atoms with Gasteiger partial charge in [-0.15, -0.1) is 0 Å². The van der Waals surface area contributed by atoms with Crippen molar-refractivity contribution in [3.8, 4) is 0 Å². The van der Waals surface area contributed by atoms with Gasteiger partial charge in [-0.25, -0.2) is 4.39 Å². The largest absolute Gasteiger partial charge is 0.299 e. The smallest absolute Gasteiger partial charge is 0.137 e. The summed E-state index contributed by atoms with van der Waals surface area (Å²) in [6.45, 7) is 4.05. The number of halogens is 2. The van der Waals surface area contributed by atoms with Gasteiger partial charge in [0.05, 0.1) is 11.7 Å². The molecule has 0 amide bonds. The molecule has 1 fully saturated rings. The lowest BCUT2D eigenvalue weighted by molar-refractivity contribution is -0.118. The molecule has 0 saturated heterocycles. The summed E-state index contributed by atoms with van der Waals surface area (Å²) in [5.41, 5.74) is 3.95. The van der Waals surface area contributed by atoms with E-state index in [9.17, 15) is 9.18 Å². The van der Waals surface area contributed by atoms with E-state index < -0.39 is 0 Å². The lowest BCUT2D eigenvalue weighted by Gasteiger charge is -2.12. The molecule has 0 spiro atoms. The zero-order valence-corrected chi connectivity index (χ0v) is 15.6. The van der Waals surface area contributed by atoms with Crippen LogP contribution in [0.1, 0.15) is 60.7 Å². The van der Waals surface area contributed by atoms with Crippen LogP contribution in [0.25, 0.3) is 0 Å². The lowest BCUT2D eigenvalue weighted by atomic mass is 10.0. The number of Topliss-reactive ketones (excluding diaryl/α,β-unsaturated/α-hetero) is 1. The van der Waals surface area contributed by atoms with Gasteiger partial charge < -0.3 is 0 Å². The number of hydrogen-bond donors (Lipinski definition) is 0. The van der Waals surface area contributed by atoms with Crippen LogP contribution >= 0.6 is 11.6 Å². The van der Waals surface area contributed by atoms with E-state index in [2.05, 4.69) is 16.7 Å². The number of nitrogens with zero attached hydrogens (tertiary/aromatic N) is 2. The van der Waals surface area contributed by atoms with E-state index in [0.717, 1.165) is 22.5 Å². The Hall–Kier alpha value is -1.68. The highest BCUT2D eigenvalue weighted by Crippen LogP contribution is 2.31. The number of ketones is 1. The molecule has 1 heterocycles. The Balaban J connectivity index is 1.64. The topological polar surface area (TPSA) is 34.9 Å². The molecule has 0 radical (unpaired) electrons. The van der Waals surface area contributed by atoms with E-state index in [1.165, 1.54) is 37.8 Å². The molecule has 2 aromatic rings. The first-order valence-corrected chi connectivity index (χ1v) is 9.33. The first-order valence-electron chi connectivity index (χ1n) is 8.96. The number of aromatic nitrogens is 2. The second-order valence-electron chi connectivity index (χ2n) is 6.98. The van der Waals surface area contributed by atoms with E-state index in [1.54, 1.807) is 6.07 Å². The number of carbonyl (C=O) groups is 1. The quantitative estimate of drug-likeness (QED) is 0.712. The lowest BCUT2D eigenvalue weighted by Crippen LogP contribution is -2.10. The van der Waals surface area contributed by atoms with Crippen molar-refractivity contribution in [1.82, 2.24) is 9.78 Å². The maximum atomic E-state index is 13.1. The van der Waals surface area contributed by atoms with Crippen LogP contribution in [0.5, 0.6) is 0 Å². The molecule has 3 nitrogen and oxygen atoms in total. The van der Waals surface area contributed by atoms with Gasteiger partial charge in [0.25, 0.3) is 0 Å². The van der Waals surface area contributed by atoms with E-state index in [1.807, 2.05) is 6.92 Å². The Morgan fingerprint density at radius 2 is 2.04 bits per heavy atom. The summed E-state index contributed by atoms with van der Waals surface area (Å²) >= 11 is 6.03. The molecule has 1 aromatic heterocycles.